The first-order valence-electron chi connectivity index (χ1n) is 3.92. The second-order valence-corrected chi connectivity index (χ2v) is 2.84. The number of carbonyl (C=O) groups excluding carboxylic acids is 1. The van der Waals surface area contributed by atoms with Crippen LogP contribution in [0.4, 0.5) is 0 Å². The molecule has 0 aromatic heterocycles. The summed E-state index contributed by atoms with van der Waals surface area (Å²) in [5.74, 6) is 0.0595. The molecule has 1 fully saturated rings. The highest BCUT2D eigenvalue weighted by Gasteiger charge is 2.39. The summed E-state index contributed by atoms with van der Waals surface area (Å²) in [6, 6.07) is 0. The fourth-order valence-corrected chi connectivity index (χ4v) is 1.36. The monoisotopic (exact) mass is 158 g/mol. The summed E-state index contributed by atoms with van der Waals surface area (Å²) < 4.78 is 10.2. The quantitative estimate of drug-likeness (QED) is 0.600. The van der Waals surface area contributed by atoms with E-state index in [9.17, 15) is 4.79 Å². The molecule has 0 N–H and O–H groups in total. The second kappa shape index (κ2) is 3.32. The Morgan fingerprint density at radius 1 is 1.64 bits per heavy atom. The van der Waals surface area contributed by atoms with Crippen molar-refractivity contribution in [3.63, 3.8) is 0 Å². The van der Waals surface area contributed by atoms with Gasteiger partial charge in [0, 0.05) is 13.0 Å². The van der Waals surface area contributed by atoms with Crippen molar-refractivity contribution in [1.82, 2.24) is 0 Å². The highest BCUT2D eigenvalue weighted by atomic mass is 16.7. The lowest BCUT2D eigenvalue weighted by molar-refractivity contribution is -0.150. The van der Waals surface area contributed by atoms with Crippen molar-refractivity contribution in [2.24, 2.45) is 5.92 Å². The molecule has 1 aliphatic rings. The molecular formula is C8H14O3. The van der Waals surface area contributed by atoms with Crippen LogP contribution in [0.1, 0.15) is 20.3 Å². The van der Waals surface area contributed by atoms with Gasteiger partial charge < -0.3 is 9.47 Å². The highest BCUT2D eigenvalue weighted by molar-refractivity contribution is 5.86. The molecule has 0 saturated carbocycles. The second-order valence-electron chi connectivity index (χ2n) is 2.84. The summed E-state index contributed by atoms with van der Waals surface area (Å²) in [5, 5.41) is 0. The Kier molecular flexibility index (Phi) is 2.62. The number of hydrogen-bond donors (Lipinski definition) is 0. The average molecular weight is 158 g/mol. The molecule has 0 amide bonds. The van der Waals surface area contributed by atoms with E-state index in [1.807, 2.05) is 13.8 Å². The van der Waals surface area contributed by atoms with Gasteiger partial charge in [-0.05, 0) is 6.42 Å². The average Bonchev–Trinajstić information content (AvgIpc) is 2.30. The minimum absolute atomic E-state index is 0.00931. The molecule has 0 radical (unpaired) electrons. The first kappa shape index (κ1) is 8.68. The minimum atomic E-state index is -0.616. The molecule has 0 unspecified atom stereocenters. The summed E-state index contributed by atoms with van der Waals surface area (Å²) in [4.78, 5) is 11.3. The predicted octanol–water partition coefficient (Wildman–Crippen LogP) is 0.973. The largest absolute Gasteiger partial charge is 0.349 e. The predicted molar refractivity (Wildman–Crippen MR) is 40.1 cm³/mol. The molecule has 0 bridgehead atoms. The molecule has 64 valence electrons. The van der Waals surface area contributed by atoms with Crippen LogP contribution in [0, 0.1) is 5.92 Å². The molecule has 1 saturated heterocycles. The van der Waals surface area contributed by atoms with E-state index in [0.29, 0.717) is 0 Å². The lowest BCUT2D eigenvalue weighted by atomic mass is 10.0. The molecule has 0 aromatic carbocycles. The van der Waals surface area contributed by atoms with Gasteiger partial charge in [0.05, 0.1) is 6.10 Å². The SMILES string of the molecule is CC[C@H]1O[C@H](OC)C(=O)[C@@H]1C. The van der Waals surface area contributed by atoms with Crippen molar-refractivity contribution in [3.8, 4) is 0 Å². The molecule has 1 heterocycles. The van der Waals surface area contributed by atoms with Crippen molar-refractivity contribution >= 4 is 5.78 Å². The third kappa shape index (κ3) is 1.44. The maximum Gasteiger partial charge on any atom is 0.218 e. The van der Waals surface area contributed by atoms with Crippen LogP contribution in [0.2, 0.25) is 0 Å². The summed E-state index contributed by atoms with van der Waals surface area (Å²) in [7, 11) is 1.49. The number of Topliss-reactive ketones (excluding diaryl/α,β-unsaturated/α-hetero) is 1. The Balaban J connectivity index is 2.61. The maximum absolute atomic E-state index is 11.3. The normalized spacial score (nSPS) is 38.1. The Morgan fingerprint density at radius 2 is 2.27 bits per heavy atom. The molecular weight excluding hydrogens is 144 g/mol. The first-order valence-corrected chi connectivity index (χ1v) is 3.92. The Morgan fingerprint density at radius 3 is 2.55 bits per heavy atom. The van der Waals surface area contributed by atoms with Gasteiger partial charge in [-0.25, -0.2) is 0 Å². The number of rotatable bonds is 2. The number of methoxy groups -OCH3 is 1. The van der Waals surface area contributed by atoms with E-state index in [0.717, 1.165) is 6.42 Å². The zero-order chi connectivity index (χ0) is 8.43. The maximum atomic E-state index is 11.3. The fraction of sp³-hybridized carbons (Fsp3) is 0.875. The van der Waals surface area contributed by atoms with Gasteiger partial charge in [-0.3, -0.25) is 4.79 Å². The summed E-state index contributed by atoms with van der Waals surface area (Å²) in [5.41, 5.74) is 0. The molecule has 0 aliphatic carbocycles. The first-order chi connectivity index (χ1) is 5.20. The summed E-state index contributed by atoms with van der Waals surface area (Å²) in [6.45, 7) is 3.89. The smallest absolute Gasteiger partial charge is 0.218 e. The van der Waals surface area contributed by atoms with Crippen LogP contribution in [0.3, 0.4) is 0 Å². The standard InChI is InChI=1S/C8H14O3/c1-4-6-5(2)7(9)8(10-3)11-6/h5-6,8H,4H2,1-3H3/t5-,6-,8+/m1/s1. The molecule has 0 spiro atoms. The van der Waals surface area contributed by atoms with Gasteiger partial charge in [0.25, 0.3) is 0 Å². The van der Waals surface area contributed by atoms with Gasteiger partial charge in [-0.15, -0.1) is 0 Å². The third-order valence-corrected chi connectivity index (χ3v) is 2.15. The molecule has 0 aromatic rings. The van der Waals surface area contributed by atoms with E-state index in [4.69, 9.17) is 9.47 Å². The number of ether oxygens (including phenoxy) is 2. The fourth-order valence-electron chi connectivity index (χ4n) is 1.36. The molecule has 3 atom stereocenters. The van der Waals surface area contributed by atoms with Crippen LogP contribution in [-0.2, 0) is 14.3 Å². The summed E-state index contributed by atoms with van der Waals surface area (Å²) >= 11 is 0. The van der Waals surface area contributed by atoms with E-state index in [1.165, 1.54) is 7.11 Å². The minimum Gasteiger partial charge on any atom is -0.349 e. The van der Waals surface area contributed by atoms with Gasteiger partial charge >= 0.3 is 0 Å². The van der Waals surface area contributed by atoms with E-state index >= 15 is 0 Å². The Hall–Kier alpha value is -0.410. The van der Waals surface area contributed by atoms with Crippen LogP contribution in [-0.4, -0.2) is 25.3 Å². The van der Waals surface area contributed by atoms with Crippen LogP contribution < -0.4 is 0 Å². The molecule has 3 nitrogen and oxygen atoms in total. The summed E-state index contributed by atoms with van der Waals surface area (Å²) in [6.07, 6.45) is 0.301. The molecule has 1 rings (SSSR count). The van der Waals surface area contributed by atoms with Crippen LogP contribution >= 0.6 is 0 Å². The van der Waals surface area contributed by atoms with E-state index in [1.54, 1.807) is 0 Å². The molecule has 1 aliphatic heterocycles. The van der Waals surface area contributed by atoms with Crippen LogP contribution in [0.15, 0.2) is 0 Å². The number of hydrogen-bond acceptors (Lipinski definition) is 3. The van der Waals surface area contributed by atoms with E-state index in [-0.39, 0.29) is 17.8 Å². The van der Waals surface area contributed by atoms with E-state index < -0.39 is 6.29 Å². The zero-order valence-corrected chi connectivity index (χ0v) is 7.16. The molecule has 11 heavy (non-hydrogen) atoms. The van der Waals surface area contributed by atoms with Gasteiger partial charge in [0.2, 0.25) is 6.29 Å². The van der Waals surface area contributed by atoms with Gasteiger partial charge in [0.15, 0.2) is 5.78 Å². The Bertz CT molecular complexity index is 151. The third-order valence-electron chi connectivity index (χ3n) is 2.15. The van der Waals surface area contributed by atoms with Crippen LogP contribution in [0.25, 0.3) is 0 Å². The lowest BCUT2D eigenvalue weighted by Crippen LogP contribution is -2.20. The highest BCUT2D eigenvalue weighted by Crippen LogP contribution is 2.24. The number of ketones is 1. The van der Waals surface area contributed by atoms with Crippen LogP contribution in [0.5, 0.6) is 0 Å². The van der Waals surface area contributed by atoms with Crippen molar-refractivity contribution in [3.05, 3.63) is 0 Å². The Labute approximate surface area is 66.7 Å². The van der Waals surface area contributed by atoms with Gasteiger partial charge in [-0.2, -0.15) is 0 Å². The lowest BCUT2D eigenvalue weighted by Gasteiger charge is -2.09. The van der Waals surface area contributed by atoms with Crippen molar-refractivity contribution in [2.45, 2.75) is 32.7 Å². The van der Waals surface area contributed by atoms with Gasteiger partial charge in [-0.1, -0.05) is 13.8 Å². The molecule has 3 heteroatoms. The van der Waals surface area contributed by atoms with Crippen molar-refractivity contribution < 1.29 is 14.3 Å². The van der Waals surface area contributed by atoms with Crippen molar-refractivity contribution in [2.75, 3.05) is 7.11 Å². The van der Waals surface area contributed by atoms with Gasteiger partial charge in [0.1, 0.15) is 0 Å². The number of carbonyl (C=O) groups is 1. The topological polar surface area (TPSA) is 35.5 Å². The van der Waals surface area contributed by atoms with E-state index in [2.05, 4.69) is 0 Å². The van der Waals surface area contributed by atoms with Crippen molar-refractivity contribution in [1.29, 1.82) is 0 Å². The zero-order valence-electron chi connectivity index (χ0n) is 7.16.